The maximum Gasteiger partial charge on any atom is 0.224 e. The fourth-order valence-corrected chi connectivity index (χ4v) is 4.28. The number of nitrogens with one attached hydrogen (secondary N) is 3. The molecule has 1 amide bonds. The number of carbonyl (C=O) groups excluding carboxylic acids is 1. The molecule has 2 fully saturated rings. The Morgan fingerprint density at radius 3 is 2.77 bits per heavy atom. The average Bonchev–Trinajstić information content (AvgIpc) is 3.37. The molecule has 8 heteroatoms. The minimum absolute atomic E-state index is 0. The molecule has 3 rings (SSSR count). The van der Waals surface area contributed by atoms with E-state index in [9.17, 15) is 9.18 Å². The lowest BCUT2D eigenvalue weighted by atomic mass is 10.1. The molecule has 0 radical (unpaired) electrons. The van der Waals surface area contributed by atoms with Crippen LogP contribution in [0.2, 0.25) is 0 Å². The van der Waals surface area contributed by atoms with Gasteiger partial charge in [0.05, 0.1) is 13.0 Å². The number of carbonyl (C=O) groups is 1. The number of hydrogen-bond acceptors (Lipinski definition) is 3. The van der Waals surface area contributed by atoms with Crippen molar-refractivity contribution in [3.05, 3.63) is 35.6 Å². The van der Waals surface area contributed by atoms with Crippen LogP contribution in [0.15, 0.2) is 29.3 Å². The van der Waals surface area contributed by atoms with E-state index in [2.05, 4.69) is 32.8 Å². The number of benzene rings is 1. The molecule has 0 bridgehead atoms. The maximum atomic E-state index is 13.2. The molecule has 1 aliphatic heterocycles. The summed E-state index contributed by atoms with van der Waals surface area (Å²) in [7, 11) is 0. The molecule has 2 aliphatic rings. The summed E-state index contributed by atoms with van der Waals surface area (Å²) in [6, 6.07) is 7.34. The Kier molecular flexibility index (Phi) is 10.8. The molecule has 168 valence electrons. The summed E-state index contributed by atoms with van der Waals surface area (Å²) < 4.78 is 13.2. The van der Waals surface area contributed by atoms with Crippen LogP contribution in [0.4, 0.5) is 4.39 Å². The number of aliphatic imine (C=N–C) groups is 1. The Bertz CT molecular complexity index is 696. The first kappa shape index (κ1) is 24.8. The number of amides is 1. The third-order valence-electron chi connectivity index (χ3n) is 5.70. The standard InChI is InChI=1S/C22H34FN5O.HI/c1-2-24-22(27-19-10-13-28(16-19)20-8-3-4-9-20)26-12-11-25-21(29)15-17-6-5-7-18(23)14-17;/h5-7,14,19-20H,2-4,8-13,15-16H2,1H3,(H,25,29)(H2,24,26,27);1H. The second-order valence-corrected chi connectivity index (χ2v) is 7.98. The van der Waals surface area contributed by atoms with Crippen LogP contribution in [-0.2, 0) is 11.2 Å². The van der Waals surface area contributed by atoms with Crippen LogP contribution in [0, 0.1) is 5.82 Å². The zero-order valence-electron chi connectivity index (χ0n) is 17.8. The van der Waals surface area contributed by atoms with Gasteiger partial charge in [-0.25, -0.2) is 4.39 Å². The van der Waals surface area contributed by atoms with Gasteiger partial charge in [0.15, 0.2) is 5.96 Å². The Morgan fingerprint density at radius 1 is 1.23 bits per heavy atom. The third kappa shape index (κ3) is 8.02. The zero-order valence-corrected chi connectivity index (χ0v) is 20.2. The van der Waals surface area contributed by atoms with Crippen molar-refractivity contribution in [3.63, 3.8) is 0 Å². The molecule has 1 aromatic rings. The van der Waals surface area contributed by atoms with E-state index in [1.165, 1.54) is 37.8 Å². The van der Waals surface area contributed by atoms with Crippen molar-refractivity contribution < 1.29 is 9.18 Å². The fourth-order valence-electron chi connectivity index (χ4n) is 4.28. The Labute approximate surface area is 196 Å². The lowest BCUT2D eigenvalue weighted by molar-refractivity contribution is -0.120. The second kappa shape index (κ2) is 13.1. The quantitative estimate of drug-likeness (QED) is 0.209. The van der Waals surface area contributed by atoms with Gasteiger partial charge in [-0.3, -0.25) is 14.7 Å². The molecule has 1 aromatic carbocycles. The average molecular weight is 531 g/mol. The van der Waals surface area contributed by atoms with E-state index in [4.69, 9.17) is 0 Å². The van der Waals surface area contributed by atoms with E-state index in [1.54, 1.807) is 12.1 Å². The summed E-state index contributed by atoms with van der Waals surface area (Å²) in [6.07, 6.45) is 6.75. The van der Waals surface area contributed by atoms with Crippen molar-refractivity contribution in [1.82, 2.24) is 20.9 Å². The van der Waals surface area contributed by atoms with Crippen molar-refractivity contribution in [3.8, 4) is 0 Å². The first-order chi connectivity index (χ1) is 14.1. The molecule has 0 spiro atoms. The van der Waals surface area contributed by atoms with Crippen LogP contribution in [0.3, 0.4) is 0 Å². The number of nitrogens with zero attached hydrogens (tertiary/aromatic N) is 2. The number of guanidine groups is 1. The number of hydrogen-bond donors (Lipinski definition) is 3. The van der Waals surface area contributed by atoms with Crippen molar-refractivity contribution in [2.45, 2.75) is 57.5 Å². The minimum Gasteiger partial charge on any atom is -0.357 e. The van der Waals surface area contributed by atoms with Gasteiger partial charge in [0.1, 0.15) is 5.82 Å². The molecule has 0 aromatic heterocycles. The number of rotatable bonds is 8. The summed E-state index contributed by atoms with van der Waals surface area (Å²) in [4.78, 5) is 19.2. The highest BCUT2D eigenvalue weighted by atomic mass is 127. The summed E-state index contributed by atoms with van der Waals surface area (Å²) in [5, 5.41) is 9.70. The SMILES string of the molecule is CCNC(=NCCNC(=O)Cc1cccc(F)c1)NC1CCN(C2CCCC2)C1.I. The van der Waals surface area contributed by atoms with Gasteiger partial charge < -0.3 is 16.0 Å². The smallest absolute Gasteiger partial charge is 0.224 e. The van der Waals surface area contributed by atoms with Gasteiger partial charge in [-0.2, -0.15) is 0 Å². The van der Waals surface area contributed by atoms with Gasteiger partial charge in [0, 0.05) is 38.3 Å². The van der Waals surface area contributed by atoms with Gasteiger partial charge >= 0.3 is 0 Å². The highest BCUT2D eigenvalue weighted by Crippen LogP contribution is 2.26. The maximum absolute atomic E-state index is 13.2. The molecule has 1 atom stereocenters. The molecular formula is C22H35FIN5O. The van der Waals surface area contributed by atoms with Gasteiger partial charge in [-0.1, -0.05) is 25.0 Å². The molecule has 3 N–H and O–H groups in total. The number of likely N-dealkylation sites (tertiary alicyclic amines) is 1. The fraction of sp³-hybridized carbons (Fsp3) is 0.636. The van der Waals surface area contributed by atoms with Gasteiger partial charge in [-0.15, -0.1) is 24.0 Å². The Hall–Kier alpha value is -1.42. The zero-order chi connectivity index (χ0) is 20.5. The molecular weight excluding hydrogens is 496 g/mol. The topological polar surface area (TPSA) is 68.8 Å². The Balaban J connectivity index is 0.00000320. The van der Waals surface area contributed by atoms with Crippen LogP contribution >= 0.6 is 24.0 Å². The summed E-state index contributed by atoms with van der Waals surface area (Å²) >= 11 is 0. The van der Waals surface area contributed by atoms with E-state index < -0.39 is 0 Å². The highest BCUT2D eigenvalue weighted by Gasteiger charge is 2.30. The van der Waals surface area contributed by atoms with Crippen LogP contribution < -0.4 is 16.0 Å². The monoisotopic (exact) mass is 531 g/mol. The molecule has 30 heavy (non-hydrogen) atoms. The van der Waals surface area contributed by atoms with Gasteiger partial charge in [-0.05, 0) is 43.9 Å². The van der Waals surface area contributed by atoms with Crippen LogP contribution in [0.5, 0.6) is 0 Å². The second-order valence-electron chi connectivity index (χ2n) is 7.98. The molecule has 1 aliphatic carbocycles. The van der Waals surface area contributed by atoms with Crippen molar-refractivity contribution in [2.24, 2.45) is 4.99 Å². The summed E-state index contributed by atoms with van der Waals surface area (Å²) in [5.41, 5.74) is 0.675. The van der Waals surface area contributed by atoms with Crippen molar-refractivity contribution in [1.29, 1.82) is 0 Å². The van der Waals surface area contributed by atoms with Gasteiger partial charge in [0.2, 0.25) is 5.91 Å². The summed E-state index contributed by atoms with van der Waals surface area (Å²) in [5.74, 6) is 0.372. The van der Waals surface area contributed by atoms with Crippen LogP contribution in [-0.4, -0.2) is 61.6 Å². The van der Waals surface area contributed by atoms with E-state index in [1.807, 2.05) is 0 Å². The van der Waals surface area contributed by atoms with Crippen LogP contribution in [0.1, 0.15) is 44.6 Å². The summed E-state index contributed by atoms with van der Waals surface area (Å²) in [6.45, 7) is 6.07. The van der Waals surface area contributed by atoms with Crippen molar-refractivity contribution >= 4 is 35.8 Å². The third-order valence-corrected chi connectivity index (χ3v) is 5.70. The highest BCUT2D eigenvalue weighted by molar-refractivity contribution is 14.0. The van der Waals surface area contributed by atoms with E-state index >= 15 is 0 Å². The predicted octanol–water partition coefficient (Wildman–Crippen LogP) is 2.67. The van der Waals surface area contributed by atoms with E-state index in [0.29, 0.717) is 24.7 Å². The largest absolute Gasteiger partial charge is 0.357 e. The predicted molar refractivity (Wildman–Crippen MR) is 130 cm³/mol. The molecule has 1 saturated heterocycles. The van der Waals surface area contributed by atoms with Gasteiger partial charge in [0.25, 0.3) is 0 Å². The van der Waals surface area contributed by atoms with Crippen LogP contribution in [0.25, 0.3) is 0 Å². The van der Waals surface area contributed by atoms with E-state index in [-0.39, 0.29) is 42.1 Å². The Morgan fingerprint density at radius 2 is 2.03 bits per heavy atom. The van der Waals surface area contributed by atoms with E-state index in [0.717, 1.165) is 38.1 Å². The minimum atomic E-state index is -0.320. The molecule has 1 unspecified atom stereocenters. The molecule has 1 saturated carbocycles. The normalized spacial score (nSPS) is 20.1. The first-order valence-corrected chi connectivity index (χ1v) is 10.9. The molecule has 6 nitrogen and oxygen atoms in total. The lowest BCUT2D eigenvalue weighted by Gasteiger charge is -2.24. The van der Waals surface area contributed by atoms with Crippen molar-refractivity contribution in [2.75, 3.05) is 32.7 Å². The lowest BCUT2D eigenvalue weighted by Crippen LogP contribution is -2.45. The number of halogens is 2. The first-order valence-electron chi connectivity index (χ1n) is 10.9. The molecule has 1 heterocycles.